The van der Waals surface area contributed by atoms with Crippen molar-refractivity contribution in [2.75, 3.05) is 41.4 Å². The predicted molar refractivity (Wildman–Crippen MR) is 95.1 cm³/mol. The Balaban J connectivity index is 1.84. The maximum Gasteiger partial charge on any atom is 0.319 e. The highest BCUT2D eigenvalue weighted by molar-refractivity contribution is 5.79. The van der Waals surface area contributed by atoms with Gasteiger partial charge in [0.25, 0.3) is 0 Å². The van der Waals surface area contributed by atoms with E-state index in [1.807, 2.05) is 17.0 Å². The Labute approximate surface area is 148 Å². The van der Waals surface area contributed by atoms with E-state index in [-0.39, 0.29) is 24.4 Å². The van der Waals surface area contributed by atoms with Crippen LogP contribution in [0.1, 0.15) is 18.4 Å². The SMILES string of the molecule is COc1ccc(CC(=O)NC2CCN(C(=O)N(C)C)CC2)cc1OC. The van der Waals surface area contributed by atoms with Gasteiger partial charge in [-0.15, -0.1) is 0 Å². The van der Waals surface area contributed by atoms with Crippen LogP contribution < -0.4 is 14.8 Å². The highest BCUT2D eigenvalue weighted by atomic mass is 16.5. The second kappa shape index (κ2) is 8.60. The quantitative estimate of drug-likeness (QED) is 0.875. The smallest absolute Gasteiger partial charge is 0.319 e. The molecular formula is C18H27N3O4. The highest BCUT2D eigenvalue weighted by Gasteiger charge is 2.24. The molecule has 2 rings (SSSR count). The minimum atomic E-state index is -0.0235. The molecule has 0 radical (unpaired) electrons. The molecule has 1 heterocycles. The number of rotatable bonds is 5. The van der Waals surface area contributed by atoms with Crippen molar-refractivity contribution in [3.8, 4) is 11.5 Å². The van der Waals surface area contributed by atoms with Crippen LogP contribution in [-0.4, -0.2) is 69.2 Å². The van der Waals surface area contributed by atoms with Gasteiger partial charge in [-0.05, 0) is 30.5 Å². The third kappa shape index (κ3) is 5.01. The molecule has 1 saturated heterocycles. The van der Waals surface area contributed by atoms with Crippen molar-refractivity contribution >= 4 is 11.9 Å². The van der Waals surface area contributed by atoms with E-state index in [2.05, 4.69) is 5.32 Å². The Morgan fingerprint density at radius 3 is 2.36 bits per heavy atom. The lowest BCUT2D eigenvalue weighted by Crippen LogP contribution is -2.49. The van der Waals surface area contributed by atoms with Crippen LogP contribution in [0.3, 0.4) is 0 Å². The summed E-state index contributed by atoms with van der Waals surface area (Å²) < 4.78 is 10.5. The number of ether oxygens (including phenoxy) is 2. The van der Waals surface area contributed by atoms with Crippen LogP contribution in [0.5, 0.6) is 11.5 Å². The van der Waals surface area contributed by atoms with Crippen LogP contribution in [0.4, 0.5) is 4.79 Å². The number of urea groups is 1. The van der Waals surface area contributed by atoms with Crippen LogP contribution in [0.25, 0.3) is 0 Å². The van der Waals surface area contributed by atoms with Gasteiger partial charge in [-0.2, -0.15) is 0 Å². The first kappa shape index (κ1) is 18.9. The van der Waals surface area contributed by atoms with Crippen LogP contribution in [0, 0.1) is 0 Å². The van der Waals surface area contributed by atoms with Gasteiger partial charge in [0.15, 0.2) is 11.5 Å². The van der Waals surface area contributed by atoms with E-state index in [1.165, 1.54) is 0 Å². The van der Waals surface area contributed by atoms with Crippen molar-refractivity contribution in [3.63, 3.8) is 0 Å². The van der Waals surface area contributed by atoms with Gasteiger partial charge in [0.05, 0.1) is 20.6 Å². The standard InChI is InChI=1S/C18H27N3O4/c1-20(2)18(23)21-9-7-14(8-10-21)19-17(22)12-13-5-6-15(24-3)16(11-13)25-4/h5-6,11,14H,7-10,12H2,1-4H3,(H,19,22). The Morgan fingerprint density at radius 2 is 1.80 bits per heavy atom. The molecule has 25 heavy (non-hydrogen) atoms. The molecule has 1 aromatic carbocycles. The van der Waals surface area contributed by atoms with Crippen LogP contribution in [0.2, 0.25) is 0 Å². The van der Waals surface area contributed by atoms with E-state index >= 15 is 0 Å². The maximum atomic E-state index is 12.3. The molecule has 0 spiro atoms. The van der Waals surface area contributed by atoms with E-state index in [1.54, 1.807) is 39.3 Å². The first-order valence-corrected chi connectivity index (χ1v) is 8.41. The van der Waals surface area contributed by atoms with Gasteiger partial charge in [-0.1, -0.05) is 6.07 Å². The Bertz CT molecular complexity index is 610. The highest BCUT2D eigenvalue weighted by Crippen LogP contribution is 2.27. The maximum absolute atomic E-state index is 12.3. The summed E-state index contributed by atoms with van der Waals surface area (Å²) in [5.74, 6) is 1.23. The number of carbonyl (C=O) groups is 2. The predicted octanol–water partition coefficient (Wildman–Crippen LogP) is 1.51. The zero-order valence-corrected chi connectivity index (χ0v) is 15.4. The third-order valence-corrected chi connectivity index (χ3v) is 4.33. The lowest BCUT2D eigenvalue weighted by atomic mass is 10.0. The molecule has 1 N–H and O–H groups in total. The van der Waals surface area contributed by atoms with E-state index in [9.17, 15) is 9.59 Å². The number of benzene rings is 1. The monoisotopic (exact) mass is 349 g/mol. The fourth-order valence-corrected chi connectivity index (χ4v) is 2.95. The van der Waals surface area contributed by atoms with E-state index in [0.29, 0.717) is 24.6 Å². The van der Waals surface area contributed by atoms with Gasteiger partial charge in [-0.3, -0.25) is 4.79 Å². The first-order valence-electron chi connectivity index (χ1n) is 8.41. The molecule has 1 aliphatic rings. The average molecular weight is 349 g/mol. The third-order valence-electron chi connectivity index (χ3n) is 4.33. The van der Waals surface area contributed by atoms with E-state index < -0.39 is 0 Å². The van der Waals surface area contributed by atoms with Crippen molar-refractivity contribution in [3.05, 3.63) is 23.8 Å². The van der Waals surface area contributed by atoms with Crippen molar-refractivity contribution in [2.45, 2.75) is 25.3 Å². The molecule has 3 amide bonds. The van der Waals surface area contributed by atoms with Crippen LogP contribution in [-0.2, 0) is 11.2 Å². The minimum Gasteiger partial charge on any atom is -0.493 e. The average Bonchev–Trinajstić information content (AvgIpc) is 2.61. The number of amides is 3. The second-order valence-electron chi connectivity index (χ2n) is 6.37. The molecular weight excluding hydrogens is 322 g/mol. The summed E-state index contributed by atoms with van der Waals surface area (Å²) in [4.78, 5) is 27.6. The van der Waals surface area contributed by atoms with Gasteiger partial charge in [-0.25, -0.2) is 4.79 Å². The molecule has 1 aromatic rings. The molecule has 0 aliphatic carbocycles. The summed E-state index contributed by atoms with van der Waals surface area (Å²) in [5, 5.41) is 3.06. The Kier molecular flexibility index (Phi) is 6.50. The second-order valence-corrected chi connectivity index (χ2v) is 6.37. The summed E-state index contributed by atoms with van der Waals surface area (Å²) in [6, 6.07) is 5.61. The molecule has 138 valence electrons. The zero-order chi connectivity index (χ0) is 18.4. The molecule has 1 fully saturated rings. The summed E-state index contributed by atoms with van der Waals surface area (Å²) in [5.41, 5.74) is 0.871. The fraction of sp³-hybridized carbons (Fsp3) is 0.556. The largest absolute Gasteiger partial charge is 0.493 e. The topological polar surface area (TPSA) is 71.1 Å². The normalized spacial score (nSPS) is 14.8. The van der Waals surface area contributed by atoms with Crippen molar-refractivity contribution in [2.24, 2.45) is 0 Å². The van der Waals surface area contributed by atoms with Gasteiger partial charge in [0, 0.05) is 33.2 Å². The number of hydrogen-bond donors (Lipinski definition) is 1. The molecule has 0 bridgehead atoms. The minimum absolute atomic E-state index is 0.0232. The first-order chi connectivity index (χ1) is 11.9. The van der Waals surface area contributed by atoms with Crippen LogP contribution >= 0.6 is 0 Å². The molecule has 0 saturated carbocycles. The van der Waals surface area contributed by atoms with E-state index in [0.717, 1.165) is 18.4 Å². The van der Waals surface area contributed by atoms with Gasteiger partial charge in [0.2, 0.25) is 5.91 Å². The summed E-state index contributed by atoms with van der Waals surface area (Å²) >= 11 is 0. The lowest BCUT2D eigenvalue weighted by Gasteiger charge is -2.33. The van der Waals surface area contributed by atoms with Crippen molar-refractivity contribution < 1.29 is 19.1 Å². The molecule has 0 atom stereocenters. The molecule has 7 heteroatoms. The van der Waals surface area contributed by atoms with E-state index in [4.69, 9.17) is 9.47 Å². The number of carbonyl (C=O) groups excluding carboxylic acids is 2. The number of nitrogens with zero attached hydrogens (tertiary/aromatic N) is 2. The zero-order valence-electron chi connectivity index (χ0n) is 15.4. The Hall–Kier alpha value is -2.44. The van der Waals surface area contributed by atoms with Crippen molar-refractivity contribution in [1.82, 2.24) is 15.1 Å². The molecule has 0 aromatic heterocycles. The van der Waals surface area contributed by atoms with Gasteiger partial charge in [0.1, 0.15) is 0 Å². The fourth-order valence-electron chi connectivity index (χ4n) is 2.95. The molecule has 7 nitrogen and oxygen atoms in total. The molecule has 0 unspecified atom stereocenters. The van der Waals surface area contributed by atoms with Gasteiger partial charge >= 0.3 is 6.03 Å². The van der Waals surface area contributed by atoms with Crippen molar-refractivity contribution in [1.29, 1.82) is 0 Å². The Morgan fingerprint density at radius 1 is 1.16 bits per heavy atom. The van der Waals surface area contributed by atoms with Crippen LogP contribution in [0.15, 0.2) is 18.2 Å². The lowest BCUT2D eigenvalue weighted by molar-refractivity contribution is -0.121. The number of likely N-dealkylation sites (tertiary alicyclic amines) is 1. The molecule has 1 aliphatic heterocycles. The number of methoxy groups -OCH3 is 2. The summed E-state index contributed by atoms with van der Waals surface area (Å²) in [6.07, 6.45) is 1.84. The summed E-state index contributed by atoms with van der Waals surface area (Å²) in [7, 11) is 6.65. The number of nitrogens with one attached hydrogen (secondary N) is 1. The summed E-state index contributed by atoms with van der Waals surface area (Å²) in [6.45, 7) is 1.33. The van der Waals surface area contributed by atoms with Gasteiger partial charge < -0.3 is 24.6 Å². The number of piperidine rings is 1. The number of hydrogen-bond acceptors (Lipinski definition) is 4.